The molecule has 0 aliphatic carbocycles. The third kappa shape index (κ3) is 3.51. The van der Waals surface area contributed by atoms with Crippen LogP contribution in [-0.4, -0.2) is 37.0 Å². The summed E-state index contributed by atoms with van der Waals surface area (Å²) in [6.45, 7) is 8.60. The molecule has 132 valence electrons. The number of carbonyl (C=O) groups is 1. The van der Waals surface area contributed by atoms with E-state index in [4.69, 9.17) is 0 Å². The van der Waals surface area contributed by atoms with Gasteiger partial charge < -0.3 is 9.80 Å². The molecule has 24 heavy (non-hydrogen) atoms. The number of unbranched alkanes of at least 4 members (excludes halogenated alkanes) is 2. The van der Waals surface area contributed by atoms with E-state index in [-0.39, 0.29) is 5.41 Å². The molecule has 0 saturated carbocycles. The van der Waals surface area contributed by atoms with Crippen molar-refractivity contribution in [3.8, 4) is 0 Å². The van der Waals surface area contributed by atoms with Crippen molar-refractivity contribution in [2.24, 2.45) is 5.41 Å². The summed E-state index contributed by atoms with van der Waals surface area (Å²) in [5.74, 6) is 0.372. The smallest absolute Gasteiger partial charge is 0.233 e. The van der Waals surface area contributed by atoms with Crippen LogP contribution in [0.2, 0.25) is 0 Å². The summed E-state index contributed by atoms with van der Waals surface area (Å²) in [5.41, 5.74) is 2.41. The highest BCUT2D eigenvalue weighted by Gasteiger charge is 2.48. The van der Waals surface area contributed by atoms with Gasteiger partial charge in [0.05, 0.1) is 5.41 Å². The summed E-state index contributed by atoms with van der Waals surface area (Å²) in [4.78, 5) is 17.6. The van der Waals surface area contributed by atoms with Gasteiger partial charge in [-0.3, -0.25) is 4.79 Å². The zero-order valence-corrected chi connectivity index (χ0v) is 15.4. The molecular weight excluding hydrogens is 296 g/mol. The molecule has 2 saturated heterocycles. The van der Waals surface area contributed by atoms with Crippen molar-refractivity contribution < 1.29 is 4.79 Å². The Hall–Kier alpha value is -1.35. The molecule has 0 aromatic heterocycles. The third-order valence-corrected chi connectivity index (χ3v) is 6.09. The minimum atomic E-state index is -0.0779. The van der Waals surface area contributed by atoms with E-state index in [9.17, 15) is 4.79 Å². The Bertz CT molecular complexity index is 543. The maximum Gasteiger partial charge on any atom is 0.233 e. The van der Waals surface area contributed by atoms with Crippen LogP contribution in [0.4, 0.5) is 5.69 Å². The first kappa shape index (κ1) is 17.5. The lowest BCUT2D eigenvalue weighted by Crippen LogP contribution is -2.44. The summed E-state index contributed by atoms with van der Waals surface area (Å²) >= 11 is 0. The maximum atomic E-state index is 13.1. The Kier molecular flexibility index (Phi) is 5.60. The van der Waals surface area contributed by atoms with Gasteiger partial charge in [-0.25, -0.2) is 0 Å². The van der Waals surface area contributed by atoms with E-state index in [1.54, 1.807) is 0 Å². The number of aryl methyl sites for hydroxylation is 1. The molecule has 0 unspecified atom stereocenters. The topological polar surface area (TPSA) is 23.6 Å². The van der Waals surface area contributed by atoms with E-state index in [1.807, 2.05) is 4.90 Å². The number of benzene rings is 1. The van der Waals surface area contributed by atoms with Crippen molar-refractivity contribution in [2.45, 2.75) is 58.8 Å². The van der Waals surface area contributed by atoms with Gasteiger partial charge in [0.1, 0.15) is 0 Å². The highest BCUT2D eigenvalue weighted by Crippen LogP contribution is 2.43. The lowest BCUT2D eigenvalue weighted by Gasteiger charge is -2.37. The van der Waals surface area contributed by atoms with Gasteiger partial charge in [0, 0.05) is 12.2 Å². The Balaban J connectivity index is 1.63. The van der Waals surface area contributed by atoms with E-state index in [0.29, 0.717) is 5.91 Å². The van der Waals surface area contributed by atoms with Crippen molar-refractivity contribution >= 4 is 11.6 Å². The molecule has 3 nitrogen and oxygen atoms in total. The van der Waals surface area contributed by atoms with Crippen LogP contribution in [0.15, 0.2) is 24.3 Å². The molecule has 0 N–H and O–H groups in total. The predicted octanol–water partition coefficient (Wildman–Crippen LogP) is 4.26. The third-order valence-electron chi connectivity index (χ3n) is 6.09. The van der Waals surface area contributed by atoms with E-state index in [2.05, 4.69) is 43.0 Å². The number of likely N-dealkylation sites (tertiary alicyclic amines) is 1. The molecule has 2 aliphatic heterocycles. The molecule has 3 heteroatoms. The molecule has 1 amide bonds. The normalized spacial score (nSPS) is 20.9. The summed E-state index contributed by atoms with van der Waals surface area (Å²) in [7, 11) is 0. The number of piperidine rings is 1. The molecule has 0 atom stereocenters. The molecular formula is C21H32N2O. The number of nitrogens with zero attached hydrogens (tertiary/aromatic N) is 2. The SMILES string of the molecule is CCCCCc1ccc(N2CCC3(CCN(CC)CC3)C2=O)cc1. The number of hydrogen-bond acceptors (Lipinski definition) is 2. The summed E-state index contributed by atoms with van der Waals surface area (Å²) < 4.78 is 0. The van der Waals surface area contributed by atoms with E-state index >= 15 is 0 Å². The van der Waals surface area contributed by atoms with Crippen LogP contribution >= 0.6 is 0 Å². The van der Waals surface area contributed by atoms with Gasteiger partial charge >= 0.3 is 0 Å². The fourth-order valence-corrected chi connectivity index (χ4v) is 4.25. The van der Waals surface area contributed by atoms with Crippen LogP contribution in [0.3, 0.4) is 0 Å². The molecule has 1 aromatic carbocycles. The first-order chi connectivity index (χ1) is 11.7. The lowest BCUT2D eigenvalue weighted by atomic mass is 9.77. The van der Waals surface area contributed by atoms with Crippen LogP contribution in [0, 0.1) is 5.41 Å². The lowest BCUT2D eigenvalue weighted by molar-refractivity contribution is -0.127. The van der Waals surface area contributed by atoms with Gasteiger partial charge in [0.25, 0.3) is 0 Å². The second-order valence-electron chi connectivity index (χ2n) is 7.54. The summed E-state index contributed by atoms with van der Waals surface area (Å²) in [5, 5.41) is 0. The van der Waals surface area contributed by atoms with Gasteiger partial charge in [-0.2, -0.15) is 0 Å². The van der Waals surface area contributed by atoms with Gasteiger partial charge in [-0.1, -0.05) is 38.8 Å². The first-order valence-electron chi connectivity index (χ1n) is 9.82. The zero-order chi connectivity index (χ0) is 17.0. The fraction of sp³-hybridized carbons (Fsp3) is 0.667. The van der Waals surface area contributed by atoms with Gasteiger partial charge in [0.2, 0.25) is 5.91 Å². The zero-order valence-electron chi connectivity index (χ0n) is 15.4. The Morgan fingerprint density at radius 3 is 2.25 bits per heavy atom. The highest BCUT2D eigenvalue weighted by atomic mass is 16.2. The number of carbonyl (C=O) groups excluding carboxylic acids is 1. The van der Waals surface area contributed by atoms with Gasteiger partial charge in [-0.15, -0.1) is 0 Å². The van der Waals surface area contributed by atoms with Gasteiger partial charge in [0.15, 0.2) is 0 Å². The van der Waals surface area contributed by atoms with Crippen LogP contribution in [-0.2, 0) is 11.2 Å². The second-order valence-corrected chi connectivity index (χ2v) is 7.54. The molecule has 2 fully saturated rings. The second kappa shape index (κ2) is 7.69. The minimum absolute atomic E-state index is 0.0779. The molecule has 0 bridgehead atoms. The number of hydrogen-bond donors (Lipinski definition) is 0. The van der Waals surface area contributed by atoms with E-state index < -0.39 is 0 Å². The average Bonchev–Trinajstić information content (AvgIpc) is 2.93. The maximum absolute atomic E-state index is 13.1. The molecule has 1 aromatic rings. The van der Waals surface area contributed by atoms with Crippen LogP contribution in [0.1, 0.15) is 57.9 Å². The first-order valence-corrected chi connectivity index (χ1v) is 9.82. The molecule has 3 rings (SSSR count). The van der Waals surface area contributed by atoms with Crippen molar-refractivity contribution in [3.63, 3.8) is 0 Å². The quantitative estimate of drug-likeness (QED) is 0.729. The Morgan fingerprint density at radius 1 is 0.958 bits per heavy atom. The molecule has 2 heterocycles. The standard InChI is InChI=1S/C21H32N2O/c1-3-5-6-7-18-8-10-19(11-9-18)23-17-14-21(20(23)24)12-15-22(4-2)16-13-21/h8-11H,3-7,12-17H2,1-2H3. The highest BCUT2D eigenvalue weighted by molar-refractivity contribution is 6.00. The Labute approximate surface area is 147 Å². The molecule has 2 aliphatic rings. The summed E-state index contributed by atoms with van der Waals surface area (Å²) in [6.07, 6.45) is 8.06. The van der Waals surface area contributed by atoms with Crippen LogP contribution in [0.25, 0.3) is 0 Å². The van der Waals surface area contributed by atoms with Crippen LogP contribution < -0.4 is 4.90 Å². The molecule has 0 radical (unpaired) electrons. The number of rotatable bonds is 6. The van der Waals surface area contributed by atoms with Crippen molar-refractivity contribution in [3.05, 3.63) is 29.8 Å². The van der Waals surface area contributed by atoms with Crippen molar-refractivity contribution in [2.75, 3.05) is 31.1 Å². The predicted molar refractivity (Wildman–Crippen MR) is 100 cm³/mol. The number of anilines is 1. The minimum Gasteiger partial charge on any atom is -0.312 e. The fourth-order valence-electron chi connectivity index (χ4n) is 4.25. The van der Waals surface area contributed by atoms with Crippen molar-refractivity contribution in [1.82, 2.24) is 4.90 Å². The summed E-state index contributed by atoms with van der Waals surface area (Å²) in [6, 6.07) is 8.73. The molecule has 1 spiro atoms. The van der Waals surface area contributed by atoms with Crippen molar-refractivity contribution in [1.29, 1.82) is 0 Å². The monoisotopic (exact) mass is 328 g/mol. The van der Waals surface area contributed by atoms with E-state index in [0.717, 1.165) is 57.5 Å². The number of amides is 1. The average molecular weight is 329 g/mol. The van der Waals surface area contributed by atoms with E-state index in [1.165, 1.54) is 24.8 Å². The Morgan fingerprint density at radius 2 is 1.62 bits per heavy atom. The largest absolute Gasteiger partial charge is 0.312 e. The van der Waals surface area contributed by atoms with Gasteiger partial charge in [-0.05, 0) is 69.4 Å². The van der Waals surface area contributed by atoms with Crippen LogP contribution in [0.5, 0.6) is 0 Å².